The zero-order valence-corrected chi connectivity index (χ0v) is 16.0. The summed E-state index contributed by atoms with van der Waals surface area (Å²) in [7, 11) is 1.55. The fourth-order valence-corrected chi connectivity index (χ4v) is 3.21. The summed E-state index contributed by atoms with van der Waals surface area (Å²) in [5, 5.41) is 10.9. The Morgan fingerprint density at radius 3 is 2.70 bits per heavy atom. The summed E-state index contributed by atoms with van der Waals surface area (Å²) in [4.78, 5) is 23.7. The Balaban J connectivity index is 2.05. The predicted octanol–water partition coefficient (Wildman–Crippen LogP) is 3.22. The monoisotopic (exact) mass is 362 g/mol. The number of nitriles is 1. The highest BCUT2D eigenvalue weighted by molar-refractivity contribution is 5.80. The number of benzene rings is 1. The third-order valence-corrected chi connectivity index (χ3v) is 4.80. The molecule has 0 spiro atoms. The van der Waals surface area contributed by atoms with Crippen molar-refractivity contribution in [1.82, 2.24) is 15.0 Å². The number of hydrogen-bond acceptors (Lipinski definition) is 5. The van der Waals surface area contributed by atoms with Crippen molar-refractivity contribution in [3.63, 3.8) is 0 Å². The molecular formula is C21H22N4O2. The van der Waals surface area contributed by atoms with Gasteiger partial charge in [-0.15, -0.1) is 0 Å². The lowest BCUT2D eigenvalue weighted by molar-refractivity contribution is 0.394. The number of aryl methyl sites for hydroxylation is 2. The van der Waals surface area contributed by atoms with Gasteiger partial charge in [-0.05, 0) is 43.4 Å². The van der Waals surface area contributed by atoms with E-state index in [-0.39, 0.29) is 5.56 Å². The van der Waals surface area contributed by atoms with Gasteiger partial charge in [-0.25, -0.2) is 4.98 Å². The molecule has 0 fully saturated rings. The summed E-state index contributed by atoms with van der Waals surface area (Å²) in [6.07, 6.45) is 1.09. The van der Waals surface area contributed by atoms with E-state index in [1.807, 2.05) is 38.1 Å². The number of rotatable bonds is 5. The molecule has 0 radical (unpaired) electrons. The molecular weight excluding hydrogens is 340 g/mol. The standard InChI is InChI=1S/C21H22N4O2/c1-5-14-8-15-6-7-16(9-18(15)25-20(14)26)21(3,12-22)11-17-10-19(27-4)24-13(2)23-17/h6-10H,5,11H2,1-4H3,(H,25,26)/t21-/m0/s1. The first-order valence-corrected chi connectivity index (χ1v) is 8.85. The lowest BCUT2D eigenvalue weighted by Crippen LogP contribution is -2.24. The number of H-pyrrole nitrogens is 1. The van der Waals surface area contributed by atoms with Crippen LogP contribution in [0.4, 0.5) is 0 Å². The van der Waals surface area contributed by atoms with Crippen molar-refractivity contribution >= 4 is 10.9 Å². The minimum absolute atomic E-state index is 0.0861. The number of fused-ring (bicyclic) bond motifs is 1. The van der Waals surface area contributed by atoms with E-state index in [0.29, 0.717) is 24.5 Å². The van der Waals surface area contributed by atoms with Gasteiger partial charge in [0.1, 0.15) is 5.82 Å². The molecule has 3 aromatic rings. The molecule has 2 aromatic heterocycles. The summed E-state index contributed by atoms with van der Waals surface area (Å²) >= 11 is 0. The van der Waals surface area contributed by atoms with E-state index in [2.05, 4.69) is 21.0 Å². The highest BCUT2D eigenvalue weighted by Gasteiger charge is 2.28. The van der Waals surface area contributed by atoms with E-state index in [1.54, 1.807) is 20.1 Å². The minimum atomic E-state index is -0.805. The van der Waals surface area contributed by atoms with E-state index in [1.165, 1.54) is 0 Å². The Labute approximate surface area is 157 Å². The molecule has 1 atom stereocenters. The average Bonchev–Trinajstić information content (AvgIpc) is 2.66. The quantitative estimate of drug-likeness (QED) is 0.752. The second kappa shape index (κ2) is 7.20. The van der Waals surface area contributed by atoms with E-state index in [4.69, 9.17) is 4.74 Å². The molecule has 1 aromatic carbocycles. The van der Waals surface area contributed by atoms with Gasteiger partial charge in [-0.1, -0.05) is 19.1 Å². The molecule has 0 aliphatic heterocycles. The SMILES string of the molecule is CCc1cc2ccc([C@](C)(C#N)Cc3cc(OC)nc(C)n3)cc2[nH]c1=O. The van der Waals surface area contributed by atoms with Crippen LogP contribution in [-0.4, -0.2) is 22.1 Å². The Bertz CT molecular complexity index is 1100. The third kappa shape index (κ3) is 3.68. The van der Waals surface area contributed by atoms with Gasteiger partial charge < -0.3 is 9.72 Å². The predicted molar refractivity (Wildman–Crippen MR) is 104 cm³/mol. The average molecular weight is 362 g/mol. The highest BCUT2D eigenvalue weighted by Crippen LogP contribution is 2.30. The highest BCUT2D eigenvalue weighted by atomic mass is 16.5. The maximum Gasteiger partial charge on any atom is 0.251 e. The van der Waals surface area contributed by atoms with Gasteiger partial charge >= 0.3 is 0 Å². The molecule has 0 unspecified atom stereocenters. The van der Waals surface area contributed by atoms with Crippen LogP contribution in [0.2, 0.25) is 0 Å². The number of nitrogens with one attached hydrogen (secondary N) is 1. The number of pyridine rings is 1. The van der Waals surface area contributed by atoms with Crippen molar-refractivity contribution in [2.75, 3.05) is 7.11 Å². The lowest BCUT2D eigenvalue weighted by atomic mass is 9.79. The van der Waals surface area contributed by atoms with Gasteiger partial charge in [0.25, 0.3) is 5.56 Å². The summed E-state index contributed by atoms with van der Waals surface area (Å²) in [6, 6.07) is 11.8. The van der Waals surface area contributed by atoms with E-state index >= 15 is 0 Å². The van der Waals surface area contributed by atoms with Crippen molar-refractivity contribution in [3.8, 4) is 11.9 Å². The van der Waals surface area contributed by atoms with Crippen LogP contribution < -0.4 is 10.3 Å². The zero-order valence-electron chi connectivity index (χ0n) is 16.0. The molecule has 3 rings (SSSR count). The topological polar surface area (TPSA) is 91.7 Å². The van der Waals surface area contributed by atoms with Crippen molar-refractivity contribution < 1.29 is 4.74 Å². The molecule has 0 saturated carbocycles. The minimum Gasteiger partial charge on any atom is -0.481 e. The van der Waals surface area contributed by atoms with Crippen LogP contribution in [-0.2, 0) is 18.3 Å². The molecule has 6 nitrogen and oxygen atoms in total. The lowest BCUT2D eigenvalue weighted by Gasteiger charge is -2.22. The Morgan fingerprint density at radius 2 is 2.04 bits per heavy atom. The molecule has 0 aliphatic carbocycles. The van der Waals surface area contributed by atoms with E-state index < -0.39 is 5.41 Å². The normalized spacial score (nSPS) is 13.1. The first kappa shape index (κ1) is 18.6. The van der Waals surface area contributed by atoms with Crippen molar-refractivity contribution in [2.24, 2.45) is 0 Å². The molecule has 0 bridgehead atoms. The summed E-state index contributed by atoms with van der Waals surface area (Å²) in [5.74, 6) is 1.08. The number of ether oxygens (including phenoxy) is 1. The van der Waals surface area contributed by atoms with Crippen LogP contribution in [0.3, 0.4) is 0 Å². The molecule has 0 amide bonds. The van der Waals surface area contributed by atoms with Crippen molar-refractivity contribution in [2.45, 2.75) is 39.0 Å². The van der Waals surface area contributed by atoms with Gasteiger partial charge in [0.2, 0.25) is 5.88 Å². The van der Waals surface area contributed by atoms with E-state index in [9.17, 15) is 10.1 Å². The number of methoxy groups -OCH3 is 1. The van der Waals surface area contributed by atoms with Crippen LogP contribution in [0, 0.1) is 18.3 Å². The van der Waals surface area contributed by atoms with Gasteiger partial charge in [-0.3, -0.25) is 4.79 Å². The number of hydrogen-bond donors (Lipinski definition) is 1. The summed E-state index contributed by atoms with van der Waals surface area (Å²) in [5.41, 5.74) is 2.15. The molecule has 27 heavy (non-hydrogen) atoms. The van der Waals surface area contributed by atoms with Gasteiger partial charge in [0.15, 0.2) is 0 Å². The zero-order chi connectivity index (χ0) is 19.6. The maximum atomic E-state index is 12.1. The van der Waals surface area contributed by atoms with Gasteiger partial charge in [0.05, 0.1) is 18.6 Å². The Hall–Kier alpha value is -3.20. The Morgan fingerprint density at radius 1 is 1.26 bits per heavy atom. The summed E-state index contributed by atoms with van der Waals surface area (Å²) < 4.78 is 5.21. The fraction of sp³-hybridized carbons (Fsp3) is 0.333. The molecule has 2 heterocycles. The second-order valence-corrected chi connectivity index (χ2v) is 6.85. The number of aromatic amines is 1. The summed E-state index contributed by atoms with van der Waals surface area (Å²) in [6.45, 7) is 5.62. The molecule has 0 saturated heterocycles. The molecule has 138 valence electrons. The van der Waals surface area contributed by atoms with Crippen LogP contribution in [0.1, 0.15) is 36.5 Å². The number of nitrogens with zero attached hydrogens (tertiary/aromatic N) is 3. The van der Waals surface area contributed by atoms with Crippen LogP contribution >= 0.6 is 0 Å². The van der Waals surface area contributed by atoms with Crippen molar-refractivity contribution in [1.29, 1.82) is 5.26 Å². The fourth-order valence-electron chi connectivity index (χ4n) is 3.21. The van der Waals surface area contributed by atoms with E-state index in [0.717, 1.165) is 27.7 Å². The Kier molecular flexibility index (Phi) is 4.95. The maximum absolute atomic E-state index is 12.1. The van der Waals surface area contributed by atoms with Crippen LogP contribution in [0.15, 0.2) is 35.1 Å². The van der Waals surface area contributed by atoms with Gasteiger partial charge in [-0.2, -0.15) is 10.2 Å². The third-order valence-electron chi connectivity index (χ3n) is 4.80. The van der Waals surface area contributed by atoms with Crippen LogP contribution in [0.25, 0.3) is 10.9 Å². The smallest absolute Gasteiger partial charge is 0.251 e. The second-order valence-electron chi connectivity index (χ2n) is 6.85. The molecule has 6 heteroatoms. The number of aromatic nitrogens is 3. The van der Waals surface area contributed by atoms with Gasteiger partial charge in [0, 0.05) is 29.3 Å². The van der Waals surface area contributed by atoms with Crippen LogP contribution in [0.5, 0.6) is 5.88 Å². The first-order chi connectivity index (χ1) is 12.9. The van der Waals surface area contributed by atoms with Crippen molar-refractivity contribution in [3.05, 3.63) is 63.3 Å². The largest absolute Gasteiger partial charge is 0.481 e. The molecule has 1 N–H and O–H groups in total. The molecule has 0 aliphatic rings. The first-order valence-electron chi connectivity index (χ1n) is 8.85.